The summed E-state index contributed by atoms with van der Waals surface area (Å²) in [6, 6.07) is 14.0. The Morgan fingerprint density at radius 3 is 2.23 bits per heavy atom. The van der Waals surface area contributed by atoms with Crippen LogP contribution in [0.4, 0.5) is 5.69 Å². The van der Waals surface area contributed by atoms with Crippen molar-refractivity contribution in [2.24, 2.45) is 5.92 Å². The standard InChI is InChI=1S/C23H26N2O6/c1-15(2)13-19(23(29)30-3)24-20(26)14-31-22(28)17-11-7-8-12-18(17)25-21(27)16-9-5-4-6-10-16/h4-12,15,19H,13-14H2,1-3H3,(H,24,26)(H,25,27). The first kappa shape index (κ1) is 23.6. The molecule has 164 valence electrons. The van der Waals surface area contributed by atoms with Crippen LogP contribution in [0.1, 0.15) is 41.0 Å². The summed E-state index contributed by atoms with van der Waals surface area (Å²) in [5.41, 5.74) is 0.796. The highest BCUT2D eigenvalue weighted by molar-refractivity contribution is 6.08. The van der Waals surface area contributed by atoms with Crippen LogP contribution in [0.25, 0.3) is 0 Å². The van der Waals surface area contributed by atoms with Gasteiger partial charge in [0, 0.05) is 5.56 Å². The Bertz CT molecular complexity index is 927. The Hall–Kier alpha value is -3.68. The highest BCUT2D eigenvalue weighted by atomic mass is 16.5. The van der Waals surface area contributed by atoms with Crippen LogP contribution in [-0.4, -0.2) is 43.5 Å². The van der Waals surface area contributed by atoms with E-state index in [1.54, 1.807) is 48.5 Å². The van der Waals surface area contributed by atoms with E-state index in [1.807, 2.05) is 13.8 Å². The molecule has 0 aliphatic carbocycles. The summed E-state index contributed by atoms with van der Waals surface area (Å²) in [4.78, 5) is 48.9. The zero-order chi connectivity index (χ0) is 22.8. The number of esters is 2. The molecule has 2 rings (SSSR count). The molecule has 0 aliphatic heterocycles. The van der Waals surface area contributed by atoms with Gasteiger partial charge in [-0.05, 0) is 36.6 Å². The van der Waals surface area contributed by atoms with E-state index >= 15 is 0 Å². The number of rotatable bonds is 9. The highest BCUT2D eigenvalue weighted by Gasteiger charge is 2.23. The molecule has 2 aromatic carbocycles. The molecule has 2 amide bonds. The lowest BCUT2D eigenvalue weighted by molar-refractivity contribution is -0.145. The Kier molecular flexibility index (Phi) is 8.75. The van der Waals surface area contributed by atoms with Crippen molar-refractivity contribution in [3.63, 3.8) is 0 Å². The number of benzene rings is 2. The molecular weight excluding hydrogens is 400 g/mol. The van der Waals surface area contributed by atoms with E-state index in [4.69, 9.17) is 9.47 Å². The van der Waals surface area contributed by atoms with Crippen LogP contribution in [0.15, 0.2) is 54.6 Å². The lowest BCUT2D eigenvalue weighted by atomic mass is 10.0. The third-order valence-corrected chi connectivity index (χ3v) is 4.29. The molecule has 0 spiro atoms. The van der Waals surface area contributed by atoms with Crippen molar-refractivity contribution in [1.82, 2.24) is 5.32 Å². The Labute approximate surface area is 180 Å². The summed E-state index contributed by atoms with van der Waals surface area (Å²) in [6.45, 7) is 3.23. The summed E-state index contributed by atoms with van der Waals surface area (Å²) in [6.07, 6.45) is 0.390. The topological polar surface area (TPSA) is 111 Å². The van der Waals surface area contributed by atoms with Gasteiger partial charge in [-0.3, -0.25) is 9.59 Å². The molecule has 0 saturated carbocycles. The molecule has 2 N–H and O–H groups in total. The normalized spacial score (nSPS) is 11.4. The van der Waals surface area contributed by atoms with Gasteiger partial charge in [0.05, 0.1) is 18.4 Å². The number of nitrogens with one attached hydrogen (secondary N) is 2. The van der Waals surface area contributed by atoms with Gasteiger partial charge >= 0.3 is 11.9 Å². The molecule has 0 aromatic heterocycles. The predicted molar refractivity (Wildman–Crippen MR) is 115 cm³/mol. The largest absolute Gasteiger partial charge is 0.467 e. The number of methoxy groups -OCH3 is 1. The van der Waals surface area contributed by atoms with Gasteiger partial charge in [-0.25, -0.2) is 9.59 Å². The molecule has 0 aliphatic rings. The average molecular weight is 426 g/mol. The minimum atomic E-state index is -0.825. The van der Waals surface area contributed by atoms with Gasteiger partial charge in [-0.2, -0.15) is 0 Å². The van der Waals surface area contributed by atoms with Crippen molar-refractivity contribution in [3.8, 4) is 0 Å². The maximum Gasteiger partial charge on any atom is 0.340 e. The molecule has 31 heavy (non-hydrogen) atoms. The first-order valence-electron chi connectivity index (χ1n) is 9.81. The molecule has 1 atom stereocenters. The minimum absolute atomic E-state index is 0.103. The Morgan fingerprint density at radius 2 is 1.58 bits per heavy atom. The van der Waals surface area contributed by atoms with Crippen molar-refractivity contribution in [2.75, 3.05) is 19.0 Å². The average Bonchev–Trinajstić information content (AvgIpc) is 2.77. The Balaban J connectivity index is 2.00. The molecule has 2 aromatic rings. The van der Waals surface area contributed by atoms with Gasteiger partial charge in [-0.1, -0.05) is 44.2 Å². The van der Waals surface area contributed by atoms with Crippen molar-refractivity contribution in [1.29, 1.82) is 0 Å². The van der Waals surface area contributed by atoms with Crippen LogP contribution in [0.2, 0.25) is 0 Å². The maximum atomic E-state index is 12.5. The molecule has 0 saturated heterocycles. The summed E-state index contributed by atoms with van der Waals surface area (Å²) in [5, 5.41) is 5.18. The molecule has 0 radical (unpaired) electrons. The number of hydrogen-bond donors (Lipinski definition) is 2. The van der Waals surface area contributed by atoms with Crippen LogP contribution in [0.3, 0.4) is 0 Å². The number of ether oxygens (including phenoxy) is 2. The number of hydrogen-bond acceptors (Lipinski definition) is 6. The van der Waals surface area contributed by atoms with Gasteiger partial charge in [0.25, 0.3) is 11.8 Å². The number of amides is 2. The van der Waals surface area contributed by atoms with Gasteiger partial charge in [0.15, 0.2) is 6.61 Å². The molecule has 8 nitrogen and oxygen atoms in total. The Morgan fingerprint density at radius 1 is 0.935 bits per heavy atom. The van der Waals surface area contributed by atoms with E-state index in [-0.39, 0.29) is 23.1 Å². The maximum absolute atomic E-state index is 12.5. The number of carbonyl (C=O) groups excluding carboxylic acids is 4. The zero-order valence-corrected chi connectivity index (χ0v) is 17.7. The molecule has 1 unspecified atom stereocenters. The van der Waals surface area contributed by atoms with Crippen LogP contribution < -0.4 is 10.6 Å². The van der Waals surface area contributed by atoms with Crippen LogP contribution in [0.5, 0.6) is 0 Å². The number of anilines is 1. The van der Waals surface area contributed by atoms with Crippen LogP contribution in [0, 0.1) is 5.92 Å². The molecular formula is C23H26N2O6. The van der Waals surface area contributed by atoms with Crippen LogP contribution in [-0.2, 0) is 19.1 Å². The summed E-state index contributed by atoms with van der Waals surface area (Å²) >= 11 is 0. The van der Waals surface area contributed by atoms with Gasteiger partial charge in [-0.15, -0.1) is 0 Å². The lowest BCUT2D eigenvalue weighted by Crippen LogP contribution is -2.44. The number of carbonyl (C=O) groups is 4. The van der Waals surface area contributed by atoms with Gasteiger partial charge < -0.3 is 20.1 Å². The summed E-state index contributed by atoms with van der Waals surface area (Å²) in [7, 11) is 1.24. The minimum Gasteiger partial charge on any atom is -0.467 e. The predicted octanol–water partition coefficient (Wildman–Crippen LogP) is 2.80. The van der Waals surface area contributed by atoms with E-state index in [1.165, 1.54) is 13.2 Å². The van der Waals surface area contributed by atoms with Crippen LogP contribution >= 0.6 is 0 Å². The number of para-hydroxylation sites is 1. The lowest BCUT2D eigenvalue weighted by Gasteiger charge is -2.18. The molecule has 8 heteroatoms. The van der Waals surface area contributed by atoms with Crippen molar-refractivity contribution in [3.05, 3.63) is 65.7 Å². The second-order valence-corrected chi connectivity index (χ2v) is 7.21. The third-order valence-electron chi connectivity index (χ3n) is 4.29. The third kappa shape index (κ3) is 7.26. The summed E-state index contributed by atoms with van der Waals surface area (Å²) < 4.78 is 9.78. The van der Waals surface area contributed by atoms with Crippen molar-refractivity contribution >= 4 is 29.4 Å². The van der Waals surface area contributed by atoms with E-state index in [9.17, 15) is 19.2 Å². The SMILES string of the molecule is COC(=O)C(CC(C)C)NC(=O)COC(=O)c1ccccc1NC(=O)c1ccccc1. The smallest absolute Gasteiger partial charge is 0.340 e. The van der Waals surface area contributed by atoms with Crippen molar-refractivity contribution < 1.29 is 28.7 Å². The second-order valence-electron chi connectivity index (χ2n) is 7.21. The first-order chi connectivity index (χ1) is 14.8. The monoisotopic (exact) mass is 426 g/mol. The van der Waals surface area contributed by atoms with E-state index in [2.05, 4.69) is 10.6 Å². The van der Waals surface area contributed by atoms with E-state index in [0.717, 1.165) is 0 Å². The fourth-order valence-electron chi connectivity index (χ4n) is 2.83. The first-order valence-corrected chi connectivity index (χ1v) is 9.81. The van der Waals surface area contributed by atoms with Crippen molar-refractivity contribution in [2.45, 2.75) is 26.3 Å². The van der Waals surface area contributed by atoms with E-state index in [0.29, 0.717) is 12.0 Å². The van der Waals surface area contributed by atoms with Gasteiger partial charge in [0.2, 0.25) is 0 Å². The summed E-state index contributed by atoms with van der Waals surface area (Å²) in [5.74, 6) is -2.21. The molecule has 0 bridgehead atoms. The molecule has 0 heterocycles. The molecule has 0 fully saturated rings. The van der Waals surface area contributed by atoms with E-state index < -0.39 is 30.5 Å². The second kappa shape index (κ2) is 11.5. The van der Waals surface area contributed by atoms with Gasteiger partial charge in [0.1, 0.15) is 6.04 Å². The highest BCUT2D eigenvalue weighted by Crippen LogP contribution is 2.17. The quantitative estimate of drug-likeness (QED) is 0.597. The fourth-order valence-corrected chi connectivity index (χ4v) is 2.83. The zero-order valence-electron chi connectivity index (χ0n) is 17.7. The fraction of sp³-hybridized carbons (Fsp3) is 0.304.